The number of nitrogens with one attached hydrogen (secondary N) is 1. The molecule has 4 heterocycles. The van der Waals surface area contributed by atoms with E-state index in [9.17, 15) is 9.59 Å². The molecule has 1 fully saturated rings. The van der Waals surface area contributed by atoms with Gasteiger partial charge >= 0.3 is 0 Å². The third kappa shape index (κ3) is 3.70. The highest BCUT2D eigenvalue weighted by molar-refractivity contribution is 7.14. The van der Waals surface area contributed by atoms with Gasteiger partial charge in [0, 0.05) is 41.9 Å². The highest BCUT2D eigenvalue weighted by Crippen LogP contribution is 2.36. The highest BCUT2D eigenvalue weighted by Gasteiger charge is 2.32. The third-order valence-electron chi connectivity index (χ3n) is 4.41. The fourth-order valence-corrected chi connectivity index (χ4v) is 4.20. The largest absolute Gasteiger partial charge is 0.329 e. The summed E-state index contributed by atoms with van der Waals surface area (Å²) in [4.78, 5) is 40.7. The van der Waals surface area contributed by atoms with Gasteiger partial charge in [-0.25, -0.2) is 4.98 Å². The van der Waals surface area contributed by atoms with Crippen molar-refractivity contribution in [3.8, 4) is 0 Å². The molecule has 0 aromatic carbocycles. The van der Waals surface area contributed by atoms with Gasteiger partial charge < -0.3 is 10.2 Å². The second-order valence-corrected chi connectivity index (χ2v) is 7.25. The van der Waals surface area contributed by atoms with E-state index in [1.165, 1.54) is 23.7 Å². The van der Waals surface area contributed by atoms with E-state index in [1.807, 2.05) is 11.0 Å². The Kier molecular flexibility index (Phi) is 4.88. The number of anilines is 1. The first-order chi connectivity index (χ1) is 13.2. The van der Waals surface area contributed by atoms with Crippen LogP contribution in [0.1, 0.15) is 43.9 Å². The molecule has 0 saturated carbocycles. The maximum atomic E-state index is 12.8. The van der Waals surface area contributed by atoms with E-state index in [-0.39, 0.29) is 17.9 Å². The number of amides is 2. The number of thiophene rings is 1. The van der Waals surface area contributed by atoms with E-state index in [2.05, 4.69) is 20.3 Å². The Morgan fingerprint density at radius 1 is 1.07 bits per heavy atom. The Morgan fingerprint density at radius 3 is 2.70 bits per heavy atom. The Balaban J connectivity index is 1.50. The van der Waals surface area contributed by atoms with Gasteiger partial charge in [-0.3, -0.25) is 19.6 Å². The number of pyridine rings is 1. The van der Waals surface area contributed by atoms with E-state index in [0.717, 1.165) is 17.7 Å². The summed E-state index contributed by atoms with van der Waals surface area (Å²) in [6.45, 7) is 0.677. The summed E-state index contributed by atoms with van der Waals surface area (Å²) < 4.78 is 0. The first-order valence-electron chi connectivity index (χ1n) is 8.60. The first kappa shape index (κ1) is 17.3. The number of carbonyl (C=O) groups is 2. The van der Waals surface area contributed by atoms with Crippen LogP contribution >= 0.6 is 11.3 Å². The second kappa shape index (κ2) is 7.63. The average Bonchev–Trinajstić information content (AvgIpc) is 3.38. The lowest BCUT2D eigenvalue weighted by Gasteiger charge is -2.23. The molecule has 1 saturated heterocycles. The van der Waals surface area contributed by atoms with Crippen molar-refractivity contribution < 1.29 is 9.59 Å². The van der Waals surface area contributed by atoms with Crippen LogP contribution in [0.5, 0.6) is 0 Å². The van der Waals surface area contributed by atoms with Crippen molar-refractivity contribution in [1.29, 1.82) is 0 Å². The van der Waals surface area contributed by atoms with Crippen molar-refractivity contribution in [3.63, 3.8) is 0 Å². The Bertz CT molecular complexity index is 945. The minimum atomic E-state index is -0.165. The topological polar surface area (TPSA) is 88.1 Å². The lowest BCUT2D eigenvalue weighted by molar-refractivity contribution is 0.0731. The van der Waals surface area contributed by atoms with Gasteiger partial charge in [0.25, 0.3) is 11.8 Å². The van der Waals surface area contributed by atoms with Crippen molar-refractivity contribution in [1.82, 2.24) is 19.9 Å². The molecule has 0 bridgehead atoms. The van der Waals surface area contributed by atoms with Gasteiger partial charge in [-0.05, 0) is 37.1 Å². The smallest absolute Gasteiger partial charge is 0.274 e. The maximum Gasteiger partial charge on any atom is 0.274 e. The molecular formula is C19H17N5O2S. The number of likely N-dealkylation sites (tertiary alicyclic amines) is 1. The van der Waals surface area contributed by atoms with E-state index < -0.39 is 0 Å². The minimum Gasteiger partial charge on any atom is -0.329 e. The standard InChI is InChI=1S/C19H17N5O2S/c25-18(23-13-5-7-20-8-6-13)17-4-3-16(27-17)15-2-1-11-24(15)19(26)14-12-21-9-10-22-14/h3-10,12,15H,1-2,11H2,(H,20,23,25). The van der Waals surface area contributed by atoms with Crippen LogP contribution in [0.3, 0.4) is 0 Å². The number of nitrogens with zero attached hydrogens (tertiary/aromatic N) is 4. The number of carbonyl (C=O) groups excluding carboxylic acids is 2. The zero-order valence-electron chi connectivity index (χ0n) is 14.4. The lowest BCUT2D eigenvalue weighted by Crippen LogP contribution is -2.30. The van der Waals surface area contributed by atoms with Crippen LogP contribution in [0.15, 0.2) is 55.2 Å². The zero-order valence-corrected chi connectivity index (χ0v) is 15.2. The summed E-state index contributed by atoms with van der Waals surface area (Å²) in [5.74, 6) is -0.288. The molecule has 8 heteroatoms. The fourth-order valence-electron chi connectivity index (χ4n) is 3.14. The number of rotatable bonds is 4. The summed E-state index contributed by atoms with van der Waals surface area (Å²) in [5.41, 5.74) is 1.04. The zero-order chi connectivity index (χ0) is 18.6. The van der Waals surface area contributed by atoms with Gasteiger partial charge in [-0.1, -0.05) is 0 Å². The number of hydrogen-bond acceptors (Lipinski definition) is 6. The first-order valence-corrected chi connectivity index (χ1v) is 9.42. The van der Waals surface area contributed by atoms with E-state index >= 15 is 0 Å². The van der Waals surface area contributed by atoms with Gasteiger partial charge in [0.2, 0.25) is 0 Å². The Labute approximate surface area is 160 Å². The SMILES string of the molecule is O=C(Nc1ccncc1)c1ccc(C2CCCN2C(=O)c2cnccn2)s1. The van der Waals surface area contributed by atoms with E-state index in [0.29, 0.717) is 22.8 Å². The van der Waals surface area contributed by atoms with Crippen LogP contribution in [-0.4, -0.2) is 38.2 Å². The summed E-state index contributed by atoms with van der Waals surface area (Å²) in [6, 6.07) is 7.18. The molecule has 1 aliphatic heterocycles. The molecule has 3 aromatic heterocycles. The molecule has 0 radical (unpaired) electrons. The summed E-state index contributed by atoms with van der Waals surface area (Å²) in [6.07, 6.45) is 9.61. The van der Waals surface area contributed by atoms with Crippen LogP contribution in [0.4, 0.5) is 5.69 Å². The molecule has 1 atom stereocenters. The monoisotopic (exact) mass is 379 g/mol. The molecular weight excluding hydrogens is 362 g/mol. The van der Waals surface area contributed by atoms with Gasteiger partial charge in [0.15, 0.2) is 0 Å². The highest BCUT2D eigenvalue weighted by atomic mass is 32.1. The predicted molar refractivity (Wildman–Crippen MR) is 102 cm³/mol. The lowest BCUT2D eigenvalue weighted by atomic mass is 10.2. The van der Waals surface area contributed by atoms with Crippen molar-refractivity contribution in [2.45, 2.75) is 18.9 Å². The molecule has 3 aromatic rings. The van der Waals surface area contributed by atoms with Crippen LogP contribution < -0.4 is 5.32 Å². The van der Waals surface area contributed by atoms with Gasteiger partial charge in [-0.15, -0.1) is 11.3 Å². The minimum absolute atomic E-state index is 0.0352. The number of hydrogen-bond donors (Lipinski definition) is 1. The molecule has 1 aliphatic rings. The molecule has 2 amide bonds. The van der Waals surface area contributed by atoms with Crippen LogP contribution in [0, 0.1) is 0 Å². The number of aromatic nitrogens is 3. The summed E-state index contributed by atoms with van der Waals surface area (Å²) >= 11 is 1.42. The van der Waals surface area contributed by atoms with Crippen LogP contribution in [0.25, 0.3) is 0 Å². The maximum absolute atomic E-state index is 12.8. The molecule has 0 aliphatic carbocycles. The van der Waals surface area contributed by atoms with Gasteiger partial charge in [-0.2, -0.15) is 0 Å². The molecule has 4 rings (SSSR count). The summed E-state index contributed by atoms with van der Waals surface area (Å²) in [7, 11) is 0. The quantitative estimate of drug-likeness (QED) is 0.752. The van der Waals surface area contributed by atoms with E-state index in [4.69, 9.17) is 0 Å². The average molecular weight is 379 g/mol. The van der Waals surface area contributed by atoms with Crippen molar-refractivity contribution >= 4 is 28.8 Å². The van der Waals surface area contributed by atoms with E-state index in [1.54, 1.807) is 36.8 Å². The van der Waals surface area contributed by atoms with Crippen molar-refractivity contribution in [2.75, 3.05) is 11.9 Å². The molecule has 7 nitrogen and oxygen atoms in total. The molecule has 27 heavy (non-hydrogen) atoms. The third-order valence-corrected chi connectivity index (χ3v) is 5.60. The Morgan fingerprint density at radius 2 is 1.93 bits per heavy atom. The summed E-state index contributed by atoms with van der Waals surface area (Å²) in [5, 5.41) is 2.85. The van der Waals surface area contributed by atoms with Crippen molar-refractivity contribution in [3.05, 3.63) is 70.7 Å². The normalized spacial score (nSPS) is 16.3. The molecule has 1 N–H and O–H groups in total. The molecule has 1 unspecified atom stereocenters. The fraction of sp³-hybridized carbons (Fsp3) is 0.211. The predicted octanol–water partition coefficient (Wildman–Crippen LogP) is 3.16. The van der Waals surface area contributed by atoms with Gasteiger partial charge in [0.1, 0.15) is 5.69 Å². The molecule has 0 spiro atoms. The second-order valence-electron chi connectivity index (χ2n) is 6.14. The van der Waals surface area contributed by atoms with Gasteiger partial charge in [0.05, 0.1) is 17.1 Å². The Hall–Kier alpha value is -3.13. The van der Waals surface area contributed by atoms with Crippen LogP contribution in [0.2, 0.25) is 0 Å². The van der Waals surface area contributed by atoms with Crippen molar-refractivity contribution in [2.24, 2.45) is 0 Å². The van der Waals surface area contributed by atoms with Crippen LogP contribution in [-0.2, 0) is 0 Å². The molecule has 136 valence electrons.